The van der Waals surface area contributed by atoms with Crippen molar-refractivity contribution in [1.82, 2.24) is 15.0 Å². The molecule has 6 aliphatic rings. The lowest BCUT2D eigenvalue weighted by molar-refractivity contribution is -0.140. The molecule has 6 N–H and O–H groups in total. The Labute approximate surface area is 410 Å². The maximum absolute atomic E-state index is 12.6. The Morgan fingerprint density at radius 1 is 0.609 bits per heavy atom. The second kappa shape index (κ2) is 22.8. The average Bonchev–Trinajstić information content (AvgIpc) is 3.26. The molecule has 2 amide bonds. The first-order chi connectivity index (χ1) is 32.4. The third-order valence-electron chi connectivity index (χ3n) is 12.5. The summed E-state index contributed by atoms with van der Waals surface area (Å²) in [5.74, 6) is -0.0347. The van der Waals surface area contributed by atoms with Gasteiger partial charge in [-0.1, -0.05) is 48.6 Å². The highest BCUT2D eigenvalue weighted by Crippen LogP contribution is 2.50. The molecule has 3 aromatic heterocycles. The summed E-state index contributed by atoms with van der Waals surface area (Å²) in [5.41, 5.74) is 20.2. The molecule has 368 valence electrons. The van der Waals surface area contributed by atoms with Gasteiger partial charge in [-0.05, 0) is 85.8 Å². The molecule has 0 radical (unpaired) electrons. The number of carbonyl (C=O) groups is 8. The molecule has 3 aromatic rings. The quantitative estimate of drug-likeness (QED) is 0.133. The van der Waals surface area contributed by atoms with E-state index in [0.717, 1.165) is 52.1 Å². The number of amides is 2. The van der Waals surface area contributed by atoms with Crippen LogP contribution in [0.15, 0.2) is 72.9 Å². The Balaban J connectivity index is 0.000000203. The zero-order valence-corrected chi connectivity index (χ0v) is 41.1. The Hall–Kier alpha value is -6.43. The zero-order valence-electron chi connectivity index (χ0n) is 39.6. The summed E-state index contributed by atoms with van der Waals surface area (Å²) in [6, 6.07) is 10.4. The molecular formula is C50H58Cl2N6O11. The van der Waals surface area contributed by atoms with Crippen molar-refractivity contribution in [3.05, 3.63) is 107 Å². The molecule has 69 heavy (non-hydrogen) atoms. The smallest absolute Gasteiger partial charge is 0.240 e. The second-order valence-corrected chi connectivity index (χ2v) is 18.3. The van der Waals surface area contributed by atoms with Crippen molar-refractivity contribution in [2.75, 3.05) is 21.3 Å². The standard InChI is InChI=1S/C15H14ClNO3.C15H16N2O3.C14H16N2O2.C2H3ClO.C2H5NO.C2H4O/c2*1-8-5-9-6-11-10(3-4-12(17-11)20-2)15(7-8,13(9)18)14(16)19;1-8-5-9-6-11-10(3-4-12(16-11)18-2)14(15,7-8)13(9)17;2*1-2(3)4;1-2-3/h3-4,9H,1,5-7H2,2H3;3-4,9H,1,5-7H2,2H3,(H2,16,19);3-4,9H,1,5-7,15H2,2H3;1H3;1H3,(H2,3,4);2H,1H3. The molecular weight excluding hydrogens is 931 g/mol. The van der Waals surface area contributed by atoms with Crippen molar-refractivity contribution in [2.45, 2.75) is 94.9 Å². The molecule has 6 aliphatic carbocycles. The predicted octanol–water partition coefficient (Wildman–Crippen LogP) is 4.89. The number of carbonyl (C=O) groups excluding carboxylic acids is 8. The Kier molecular flexibility index (Phi) is 18.2. The largest absolute Gasteiger partial charge is 0.481 e. The number of fused-ring (bicyclic) bond motifs is 12. The zero-order chi connectivity index (χ0) is 51.8. The van der Waals surface area contributed by atoms with Crippen LogP contribution in [0.2, 0.25) is 0 Å². The van der Waals surface area contributed by atoms with Crippen molar-refractivity contribution in [3.8, 4) is 17.6 Å². The minimum atomic E-state index is -1.30. The lowest BCUT2D eigenvalue weighted by Gasteiger charge is -2.43. The molecule has 19 heteroatoms. The van der Waals surface area contributed by atoms with E-state index in [4.69, 9.17) is 42.1 Å². The minimum Gasteiger partial charge on any atom is -0.481 e. The fourth-order valence-electron chi connectivity index (χ4n) is 9.93. The summed E-state index contributed by atoms with van der Waals surface area (Å²) in [6.07, 6.45) is 5.46. The maximum atomic E-state index is 12.6. The lowest BCUT2D eigenvalue weighted by Crippen LogP contribution is -2.56. The van der Waals surface area contributed by atoms with E-state index < -0.39 is 27.5 Å². The number of methoxy groups -OCH3 is 3. The van der Waals surface area contributed by atoms with Gasteiger partial charge in [0.25, 0.3) is 0 Å². The number of halogens is 2. The minimum absolute atomic E-state index is 0.0663. The van der Waals surface area contributed by atoms with E-state index in [1.54, 1.807) is 37.4 Å². The van der Waals surface area contributed by atoms with Crippen LogP contribution >= 0.6 is 23.2 Å². The van der Waals surface area contributed by atoms with Gasteiger partial charge in [-0.2, -0.15) is 0 Å². The van der Waals surface area contributed by atoms with Crippen LogP contribution in [-0.4, -0.2) is 82.2 Å². The van der Waals surface area contributed by atoms with E-state index >= 15 is 0 Å². The number of Topliss-reactive ketones (excluding diaryl/α,β-unsaturated/α-hetero) is 3. The highest BCUT2D eigenvalue weighted by molar-refractivity contribution is 6.68. The number of ketones is 3. The van der Waals surface area contributed by atoms with E-state index in [9.17, 15) is 33.6 Å². The van der Waals surface area contributed by atoms with Crippen LogP contribution in [0.3, 0.4) is 0 Å². The van der Waals surface area contributed by atoms with Gasteiger partial charge in [-0.3, -0.25) is 33.6 Å². The summed E-state index contributed by atoms with van der Waals surface area (Å²) in [6.45, 7) is 16.0. The molecule has 0 saturated heterocycles. The van der Waals surface area contributed by atoms with Crippen LogP contribution < -0.4 is 31.4 Å². The Morgan fingerprint density at radius 2 is 0.913 bits per heavy atom. The number of aldehydes is 1. The first-order valence-electron chi connectivity index (χ1n) is 21.8. The molecule has 0 spiro atoms. The van der Waals surface area contributed by atoms with E-state index in [1.807, 2.05) is 6.07 Å². The lowest BCUT2D eigenvalue weighted by atomic mass is 9.58. The van der Waals surface area contributed by atoms with E-state index in [-0.39, 0.29) is 52.7 Å². The van der Waals surface area contributed by atoms with Gasteiger partial charge in [0.15, 0.2) is 17.3 Å². The van der Waals surface area contributed by atoms with Crippen molar-refractivity contribution in [3.63, 3.8) is 0 Å². The van der Waals surface area contributed by atoms with Gasteiger partial charge in [0, 0.05) is 86.0 Å². The van der Waals surface area contributed by atoms with Crippen molar-refractivity contribution in [2.24, 2.45) is 35.0 Å². The number of ether oxygens (including phenoxy) is 3. The van der Waals surface area contributed by atoms with Crippen molar-refractivity contribution < 1.29 is 52.6 Å². The van der Waals surface area contributed by atoms with Gasteiger partial charge in [-0.15, -0.1) is 0 Å². The number of nitrogens with two attached hydrogens (primary N) is 3. The predicted molar refractivity (Wildman–Crippen MR) is 257 cm³/mol. The molecule has 6 bridgehead atoms. The van der Waals surface area contributed by atoms with Gasteiger partial charge < -0.3 is 36.2 Å². The average molecular weight is 990 g/mol. The monoisotopic (exact) mass is 988 g/mol. The van der Waals surface area contributed by atoms with Crippen LogP contribution in [0.4, 0.5) is 0 Å². The highest BCUT2D eigenvalue weighted by atomic mass is 35.5. The highest BCUT2D eigenvalue weighted by Gasteiger charge is 2.57. The van der Waals surface area contributed by atoms with Gasteiger partial charge >= 0.3 is 0 Å². The molecule has 3 fully saturated rings. The molecule has 3 saturated carbocycles. The third kappa shape index (κ3) is 11.5. The number of hydrogen-bond donors (Lipinski definition) is 3. The molecule has 3 heterocycles. The number of aromatic nitrogens is 3. The SMILES string of the molecule is C=C1CC2Cc3nc(OC)ccc3C(C(=O)Cl)(C1)C2=O.C=C1CC2Cc3nc(OC)ccc3C(C(N)=O)(C1)C2=O.C=C1CC2Cc3nc(OC)ccc3C(N)(C1)C2=O.CC(=O)Cl.CC(N)=O.CC=O. The summed E-state index contributed by atoms with van der Waals surface area (Å²) in [7, 11) is 4.66. The van der Waals surface area contributed by atoms with E-state index in [2.05, 4.69) is 52.0 Å². The number of pyridine rings is 3. The fourth-order valence-corrected chi connectivity index (χ4v) is 10.2. The number of allylic oxidation sites excluding steroid dienone is 2. The molecule has 9 rings (SSSR count). The van der Waals surface area contributed by atoms with E-state index in [1.165, 1.54) is 35.0 Å². The van der Waals surface area contributed by atoms with Crippen LogP contribution in [0.1, 0.15) is 93.1 Å². The maximum Gasteiger partial charge on any atom is 0.240 e. The molecule has 6 atom stereocenters. The van der Waals surface area contributed by atoms with Crippen molar-refractivity contribution >= 4 is 69.1 Å². The first-order valence-corrected chi connectivity index (χ1v) is 22.5. The molecule has 0 aliphatic heterocycles. The van der Waals surface area contributed by atoms with Crippen LogP contribution in [0, 0.1) is 17.8 Å². The van der Waals surface area contributed by atoms with Crippen LogP contribution in [0.5, 0.6) is 17.6 Å². The number of nitrogens with zero attached hydrogens (tertiary/aromatic N) is 3. The summed E-state index contributed by atoms with van der Waals surface area (Å²) < 4.78 is 15.4. The Morgan fingerprint density at radius 3 is 1.28 bits per heavy atom. The summed E-state index contributed by atoms with van der Waals surface area (Å²) in [5, 5.41) is -0.999. The number of hydrogen-bond acceptors (Lipinski definition) is 15. The Bertz CT molecular complexity index is 2490. The fraction of sp³-hybridized carbons (Fsp3) is 0.420. The topological polar surface area (TPSA) is 281 Å². The molecule has 17 nitrogen and oxygen atoms in total. The first kappa shape index (κ1) is 55.2. The van der Waals surface area contributed by atoms with Crippen molar-refractivity contribution in [1.29, 1.82) is 0 Å². The van der Waals surface area contributed by atoms with Gasteiger partial charge in [-0.25, -0.2) is 15.0 Å². The number of rotatable bonds is 5. The summed E-state index contributed by atoms with van der Waals surface area (Å²) in [4.78, 5) is 102. The van der Waals surface area contributed by atoms with Crippen LogP contribution in [0.25, 0.3) is 0 Å². The normalized spacial score (nSPS) is 25.0. The third-order valence-corrected chi connectivity index (χ3v) is 12.8. The van der Waals surface area contributed by atoms with Gasteiger partial charge in [0.1, 0.15) is 22.7 Å². The van der Waals surface area contributed by atoms with E-state index in [0.29, 0.717) is 73.7 Å². The van der Waals surface area contributed by atoms with Gasteiger partial charge in [0.2, 0.25) is 39.9 Å². The van der Waals surface area contributed by atoms with Crippen LogP contribution in [-0.2, 0) is 74.0 Å². The number of primary amides is 2. The molecule has 0 aromatic carbocycles. The second-order valence-electron chi connectivity index (χ2n) is 17.5. The van der Waals surface area contributed by atoms with Gasteiger partial charge in [0.05, 0.1) is 27.0 Å². The molecule has 6 unspecified atom stereocenters. The summed E-state index contributed by atoms with van der Waals surface area (Å²) >= 11 is 10.5.